The van der Waals surface area contributed by atoms with Gasteiger partial charge in [0.2, 0.25) is 0 Å². The minimum Gasteiger partial charge on any atom is -0.507 e. The normalized spacial score (nSPS) is 15.0. The number of phenolic OH excluding ortho intramolecular Hbond substituents is 1. The topological polar surface area (TPSA) is 29.5 Å². The monoisotopic (exact) mass is 314 g/mol. The highest BCUT2D eigenvalue weighted by atomic mass is 16.5. The summed E-state index contributed by atoms with van der Waals surface area (Å²) in [6, 6.07) is 11.8. The predicted octanol–water partition coefficient (Wildman–Crippen LogP) is 5.36. The molecule has 0 aliphatic heterocycles. The Kier molecular flexibility index (Phi) is 3.58. The summed E-state index contributed by atoms with van der Waals surface area (Å²) in [5.74, 6) is 1.08. The Hall–Kier alpha value is -3.00. The van der Waals surface area contributed by atoms with E-state index in [4.69, 9.17) is 4.74 Å². The number of rotatable bonds is 2. The van der Waals surface area contributed by atoms with Crippen LogP contribution >= 0.6 is 0 Å². The van der Waals surface area contributed by atoms with Gasteiger partial charge in [-0.05, 0) is 29.2 Å². The zero-order valence-corrected chi connectivity index (χ0v) is 13.5. The summed E-state index contributed by atoms with van der Waals surface area (Å²) in [7, 11) is 1.68. The van der Waals surface area contributed by atoms with Crippen molar-refractivity contribution >= 4 is 11.6 Å². The summed E-state index contributed by atoms with van der Waals surface area (Å²) in [6.07, 6.45) is 13.2. The highest BCUT2D eigenvalue weighted by Crippen LogP contribution is 2.46. The highest BCUT2D eigenvalue weighted by Gasteiger charge is 2.23. The van der Waals surface area contributed by atoms with E-state index >= 15 is 0 Å². The first-order chi connectivity index (χ1) is 11.8. The standard InChI is InChI=1S/C22H18O2/c1-24-20-14-19(16-8-3-2-4-9-16)22(23)18-12-11-15-7-5-6-10-17(13-15)21(18)20/h2-12,14,23H,13H2,1H3. The first kappa shape index (κ1) is 14.6. The Labute approximate surface area is 141 Å². The van der Waals surface area contributed by atoms with E-state index < -0.39 is 0 Å². The maximum Gasteiger partial charge on any atom is 0.131 e. The second-order valence-corrected chi connectivity index (χ2v) is 5.96. The van der Waals surface area contributed by atoms with Gasteiger partial charge in [0.15, 0.2) is 0 Å². The van der Waals surface area contributed by atoms with Crippen LogP contribution in [-0.2, 0) is 0 Å². The minimum atomic E-state index is 0.296. The van der Waals surface area contributed by atoms with Gasteiger partial charge < -0.3 is 9.84 Å². The van der Waals surface area contributed by atoms with E-state index in [1.807, 2.05) is 54.6 Å². The molecule has 24 heavy (non-hydrogen) atoms. The molecule has 2 aromatic rings. The van der Waals surface area contributed by atoms with Crippen LogP contribution in [0, 0.1) is 0 Å². The molecule has 0 heterocycles. The third-order valence-electron chi connectivity index (χ3n) is 4.50. The zero-order valence-electron chi connectivity index (χ0n) is 13.5. The maximum atomic E-state index is 11.0. The van der Waals surface area contributed by atoms with E-state index in [1.54, 1.807) is 7.11 Å². The molecule has 0 amide bonds. The van der Waals surface area contributed by atoms with Crippen molar-refractivity contribution in [3.05, 3.63) is 83.5 Å². The van der Waals surface area contributed by atoms with Gasteiger partial charge in [0.05, 0.1) is 7.11 Å². The van der Waals surface area contributed by atoms with Crippen molar-refractivity contribution < 1.29 is 9.84 Å². The molecule has 0 radical (unpaired) electrons. The van der Waals surface area contributed by atoms with E-state index in [1.165, 1.54) is 5.57 Å². The second-order valence-electron chi connectivity index (χ2n) is 5.96. The van der Waals surface area contributed by atoms with Crippen LogP contribution < -0.4 is 4.74 Å². The van der Waals surface area contributed by atoms with Crippen molar-refractivity contribution in [3.8, 4) is 22.6 Å². The zero-order chi connectivity index (χ0) is 16.5. The maximum absolute atomic E-state index is 11.0. The Balaban J connectivity index is 2.02. The lowest BCUT2D eigenvalue weighted by atomic mass is 9.91. The first-order valence-corrected chi connectivity index (χ1v) is 8.02. The molecule has 0 fully saturated rings. The van der Waals surface area contributed by atoms with Gasteiger partial charge in [-0.25, -0.2) is 0 Å². The number of phenols is 1. The van der Waals surface area contributed by atoms with Gasteiger partial charge in [0.25, 0.3) is 0 Å². The van der Waals surface area contributed by atoms with E-state index in [9.17, 15) is 5.11 Å². The van der Waals surface area contributed by atoms with Crippen molar-refractivity contribution in [2.24, 2.45) is 0 Å². The Morgan fingerprint density at radius 3 is 2.58 bits per heavy atom. The number of allylic oxidation sites excluding steroid dienone is 7. The molecule has 2 nitrogen and oxygen atoms in total. The first-order valence-electron chi connectivity index (χ1n) is 8.02. The average Bonchev–Trinajstić information content (AvgIpc) is 2.97. The van der Waals surface area contributed by atoms with Gasteiger partial charge in [0.1, 0.15) is 11.5 Å². The summed E-state index contributed by atoms with van der Waals surface area (Å²) in [4.78, 5) is 0. The summed E-state index contributed by atoms with van der Waals surface area (Å²) in [6.45, 7) is 0. The summed E-state index contributed by atoms with van der Waals surface area (Å²) in [5.41, 5.74) is 5.92. The molecule has 1 N–H and O–H groups in total. The van der Waals surface area contributed by atoms with Crippen LogP contribution in [0.25, 0.3) is 22.8 Å². The van der Waals surface area contributed by atoms with E-state index in [2.05, 4.69) is 18.2 Å². The number of hydrogen-bond donors (Lipinski definition) is 1. The molecule has 2 heteroatoms. The van der Waals surface area contributed by atoms with Gasteiger partial charge in [0, 0.05) is 16.7 Å². The van der Waals surface area contributed by atoms with Crippen molar-refractivity contribution in [3.63, 3.8) is 0 Å². The van der Waals surface area contributed by atoms with Crippen LogP contribution in [0.1, 0.15) is 17.5 Å². The molecule has 2 aliphatic carbocycles. The molecular formula is C22H18O2. The SMILES string of the molecule is COc1cc(-c2ccccc2)c(O)c2c1C1=CC=CC=C(C=C2)C1. The van der Waals surface area contributed by atoms with Crippen LogP contribution in [0.3, 0.4) is 0 Å². The van der Waals surface area contributed by atoms with Crippen LogP contribution in [0.4, 0.5) is 0 Å². The molecule has 0 aromatic heterocycles. The van der Waals surface area contributed by atoms with Gasteiger partial charge in [-0.2, -0.15) is 0 Å². The van der Waals surface area contributed by atoms with E-state index in [-0.39, 0.29) is 0 Å². The molecule has 2 aromatic carbocycles. The van der Waals surface area contributed by atoms with Crippen LogP contribution in [-0.4, -0.2) is 12.2 Å². The van der Waals surface area contributed by atoms with Crippen LogP contribution in [0.2, 0.25) is 0 Å². The molecule has 118 valence electrons. The van der Waals surface area contributed by atoms with Crippen molar-refractivity contribution in [1.82, 2.24) is 0 Å². The lowest BCUT2D eigenvalue weighted by Crippen LogP contribution is -1.97. The molecule has 2 bridgehead atoms. The molecular weight excluding hydrogens is 296 g/mol. The Morgan fingerprint density at radius 2 is 1.79 bits per heavy atom. The Bertz CT molecular complexity index is 913. The molecule has 4 rings (SSSR count). The fourth-order valence-electron chi connectivity index (χ4n) is 3.33. The average molecular weight is 314 g/mol. The fourth-order valence-corrected chi connectivity index (χ4v) is 3.33. The number of benzene rings is 2. The van der Waals surface area contributed by atoms with E-state index in [0.717, 1.165) is 40.0 Å². The van der Waals surface area contributed by atoms with Gasteiger partial charge in [-0.15, -0.1) is 0 Å². The summed E-state index contributed by atoms with van der Waals surface area (Å²) in [5, 5.41) is 11.0. The van der Waals surface area contributed by atoms with Crippen molar-refractivity contribution in [1.29, 1.82) is 0 Å². The smallest absolute Gasteiger partial charge is 0.131 e. The van der Waals surface area contributed by atoms with E-state index in [0.29, 0.717) is 5.75 Å². The molecule has 0 atom stereocenters. The number of methoxy groups -OCH3 is 1. The summed E-state index contributed by atoms with van der Waals surface area (Å²) < 4.78 is 5.69. The van der Waals surface area contributed by atoms with Gasteiger partial charge in [-0.3, -0.25) is 0 Å². The predicted molar refractivity (Wildman–Crippen MR) is 98.9 cm³/mol. The second kappa shape index (κ2) is 5.89. The number of fused-ring (bicyclic) bond motifs is 4. The molecule has 0 unspecified atom stereocenters. The number of hydrogen-bond acceptors (Lipinski definition) is 2. The molecule has 2 aliphatic rings. The minimum absolute atomic E-state index is 0.296. The fraction of sp³-hybridized carbons (Fsp3) is 0.0909. The number of aromatic hydroxyl groups is 1. The number of ether oxygens (including phenoxy) is 1. The van der Waals surface area contributed by atoms with Crippen LogP contribution in [0.15, 0.2) is 72.4 Å². The third kappa shape index (κ3) is 2.37. The Morgan fingerprint density at radius 1 is 1.00 bits per heavy atom. The third-order valence-corrected chi connectivity index (χ3v) is 4.50. The lowest BCUT2D eigenvalue weighted by molar-refractivity contribution is 0.411. The lowest BCUT2D eigenvalue weighted by Gasteiger charge is -2.18. The molecule has 0 spiro atoms. The van der Waals surface area contributed by atoms with Gasteiger partial charge in [-0.1, -0.05) is 66.8 Å². The highest BCUT2D eigenvalue weighted by molar-refractivity contribution is 5.90. The van der Waals surface area contributed by atoms with Crippen LogP contribution in [0.5, 0.6) is 11.5 Å². The largest absolute Gasteiger partial charge is 0.507 e. The summed E-state index contributed by atoms with van der Waals surface area (Å²) >= 11 is 0. The van der Waals surface area contributed by atoms with Crippen molar-refractivity contribution in [2.45, 2.75) is 6.42 Å². The van der Waals surface area contributed by atoms with Crippen molar-refractivity contribution in [2.75, 3.05) is 7.11 Å². The van der Waals surface area contributed by atoms with Gasteiger partial charge >= 0.3 is 0 Å². The quantitative estimate of drug-likeness (QED) is 0.808. The molecule has 0 saturated carbocycles. The molecule has 0 saturated heterocycles.